The van der Waals surface area contributed by atoms with Gasteiger partial charge in [0.1, 0.15) is 5.69 Å². The summed E-state index contributed by atoms with van der Waals surface area (Å²) in [6.07, 6.45) is 2.84. The molecule has 4 aromatic rings. The van der Waals surface area contributed by atoms with Gasteiger partial charge in [-0.05, 0) is 36.1 Å². The Balaban J connectivity index is 1.17. The molecular formula is C25H25F5N10O2. The zero-order valence-electron chi connectivity index (χ0n) is 22.1. The minimum Gasteiger partial charge on any atom is -0.346 e. The van der Waals surface area contributed by atoms with Gasteiger partial charge in [0.05, 0.1) is 18.0 Å². The molecule has 2 amide bonds. The first-order valence-corrected chi connectivity index (χ1v) is 12.6. The van der Waals surface area contributed by atoms with E-state index < -0.39 is 29.5 Å². The molecule has 0 fully saturated rings. The van der Waals surface area contributed by atoms with Crippen LogP contribution >= 0.6 is 0 Å². The third-order valence-electron chi connectivity index (χ3n) is 5.87. The van der Waals surface area contributed by atoms with E-state index in [-0.39, 0.29) is 35.7 Å². The van der Waals surface area contributed by atoms with Crippen LogP contribution in [0.25, 0.3) is 0 Å². The fraction of sp³-hybridized carbons (Fsp3) is 0.360. The number of aryl methyl sites for hydroxylation is 2. The van der Waals surface area contributed by atoms with Crippen LogP contribution in [0.4, 0.5) is 22.0 Å². The van der Waals surface area contributed by atoms with Gasteiger partial charge in [0.2, 0.25) is 0 Å². The van der Waals surface area contributed by atoms with Gasteiger partial charge in [-0.25, -0.2) is 0 Å². The lowest BCUT2D eigenvalue weighted by Crippen LogP contribution is -2.23. The Kier molecular flexibility index (Phi) is 9.17. The summed E-state index contributed by atoms with van der Waals surface area (Å²) in [5.74, 6) is -4.12. The molecule has 0 atom stereocenters. The monoisotopic (exact) mass is 592 g/mol. The van der Waals surface area contributed by atoms with Crippen LogP contribution in [0.3, 0.4) is 0 Å². The smallest absolute Gasteiger partial charge is 0.346 e. The molecule has 4 aromatic heterocycles. The average Bonchev–Trinajstić information content (AvgIpc) is 3.62. The van der Waals surface area contributed by atoms with E-state index in [2.05, 4.69) is 41.2 Å². The van der Waals surface area contributed by atoms with Crippen molar-refractivity contribution in [3.63, 3.8) is 0 Å². The number of carbonyl (C=O) groups is 2. The molecule has 0 aliphatic heterocycles. The van der Waals surface area contributed by atoms with Crippen LogP contribution in [0, 0.1) is 0 Å². The maximum absolute atomic E-state index is 13.3. The molecule has 2 N–H and O–H groups in total. The molecule has 0 unspecified atom stereocenters. The van der Waals surface area contributed by atoms with E-state index in [1.54, 1.807) is 0 Å². The molecule has 17 heteroatoms. The van der Waals surface area contributed by atoms with Crippen molar-refractivity contribution in [2.45, 2.75) is 58.0 Å². The van der Waals surface area contributed by atoms with E-state index in [0.29, 0.717) is 37.7 Å². The zero-order valence-corrected chi connectivity index (χ0v) is 22.1. The summed E-state index contributed by atoms with van der Waals surface area (Å²) in [4.78, 5) is 31.9. The van der Waals surface area contributed by atoms with Gasteiger partial charge in [-0.1, -0.05) is 16.5 Å². The standard InChI is InChI=1S/C25H25F5N10O2/c1-24(26,27)21-5-4-16(10-32-21)11-33-22(41)19-14-39(37-35-19)6-2-3-7-40-15-20(36-38-40)23(42)34-12-17-8-18(13-31-9-17)25(28,29)30/h4-5,8-10,13-15H,2-3,6-7,11-12H2,1H3,(H,33,41)(H,34,42). The highest BCUT2D eigenvalue weighted by Gasteiger charge is 2.31. The molecule has 12 nitrogen and oxygen atoms in total. The van der Waals surface area contributed by atoms with E-state index in [9.17, 15) is 31.5 Å². The Morgan fingerprint density at radius 3 is 1.88 bits per heavy atom. The predicted molar refractivity (Wildman–Crippen MR) is 135 cm³/mol. The van der Waals surface area contributed by atoms with E-state index in [0.717, 1.165) is 13.0 Å². The Labute approximate surface area is 235 Å². The normalized spacial score (nSPS) is 11.9. The van der Waals surface area contributed by atoms with Crippen LogP contribution < -0.4 is 10.6 Å². The van der Waals surface area contributed by atoms with Gasteiger partial charge in [0.25, 0.3) is 17.7 Å². The molecule has 0 saturated carbocycles. The quantitative estimate of drug-likeness (QED) is 0.189. The lowest BCUT2D eigenvalue weighted by atomic mass is 10.2. The predicted octanol–water partition coefficient (Wildman–Crippen LogP) is 3.13. The topological polar surface area (TPSA) is 145 Å². The number of rotatable bonds is 12. The SMILES string of the molecule is CC(F)(F)c1ccc(CNC(=O)c2cn(CCCCn3cc(C(=O)NCc4cncc(C(F)(F)F)c4)nn3)nn2)cn1. The lowest BCUT2D eigenvalue weighted by molar-refractivity contribution is -0.137. The summed E-state index contributed by atoms with van der Waals surface area (Å²) in [6, 6.07) is 3.57. The second kappa shape index (κ2) is 12.8. The van der Waals surface area contributed by atoms with E-state index >= 15 is 0 Å². The zero-order chi connectivity index (χ0) is 30.3. The van der Waals surface area contributed by atoms with Crippen molar-refractivity contribution in [2.75, 3.05) is 0 Å². The summed E-state index contributed by atoms with van der Waals surface area (Å²) < 4.78 is 67.9. The highest BCUT2D eigenvalue weighted by atomic mass is 19.4. The van der Waals surface area contributed by atoms with Crippen molar-refractivity contribution >= 4 is 11.8 Å². The highest BCUT2D eigenvalue weighted by Crippen LogP contribution is 2.29. The van der Waals surface area contributed by atoms with Gasteiger partial charge in [-0.15, -0.1) is 10.2 Å². The largest absolute Gasteiger partial charge is 0.417 e. The number of hydrogen-bond donors (Lipinski definition) is 2. The molecule has 0 aliphatic carbocycles. The molecule has 0 radical (unpaired) electrons. The van der Waals surface area contributed by atoms with E-state index in [1.165, 1.54) is 46.3 Å². The number of nitrogens with one attached hydrogen (secondary N) is 2. The van der Waals surface area contributed by atoms with Gasteiger partial charge in [0, 0.05) is 51.7 Å². The van der Waals surface area contributed by atoms with Gasteiger partial charge in [0.15, 0.2) is 11.4 Å². The highest BCUT2D eigenvalue weighted by molar-refractivity contribution is 5.92. The van der Waals surface area contributed by atoms with Crippen molar-refractivity contribution in [3.8, 4) is 0 Å². The number of carbonyl (C=O) groups excluding carboxylic acids is 2. The minimum absolute atomic E-state index is 0.0110. The van der Waals surface area contributed by atoms with Gasteiger partial charge < -0.3 is 10.6 Å². The second-order valence-corrected chi connectivity index (χ2v) is 9.33. The molecule has 0 aromatic carbocycles. The van der Waals surface area contributed by atoms with Crippen LogP contribution in [0.1, 0.15) is 63.1 Å². The molecule has 222 valence electrons. The molecular weight excluding hydrogens is 567 g/mol. The molecule has 42 heavy (non-hydrogen) atoms. The fourth-order valence-electron chi connectivity index (χ4n) is 3.64. The maximum Gasteiger partial charge on any atom is 0.417 e. The number of amides is 2. The van der Waals surface area contributed by atoms with Gasteiger partial charge in [-0.2, -0.15) is 22.0 Å². The minimum atomic E-state index is -4.53. The Morgan fingerprint density at radius 2 is 1.38 bits per heavy atom. The third-order valence-corrected chi connectivity index (χ3v) is 5.87. The average molecular weight is 593 g/mol. The second-order valence-electron chi connectivity index (χ2n) is 9.33. The first kappa shape index (κ1) is 30.1. The first-order chi connectivity index (χ1) is 19.9. The van der Waals surface area contributed by atoms with Crippen LogP contribution in [-0.2, 0) is 38.3 Å². The number of halogens is 5. The van der Waals surface area contributed by atoms with Crippen molar-refractivity contribution in [2.24, 2.45) is 0 Å². The van der Waals surface area contributed by atoms with Crippen LogP contribution in [0.2, 0.25) is 0 Å². The third kappa shape index (κ3) is 8.34. The molecule has 4 heterocycles. The number of aromatic nitrogens is 8. The lowest BCUT2D eigenvalue weighted by Gasteiger charge is -2.10. The summed E-state index contributed by atoms with van der Waals surface area (Å²) in [7, 11) is 0. The Morgan fingerprint density at radius 1 is 0.810 bits per heavy atom. The summed E-state index contributed by atoms with van der Waals surface area (Å²) in [5, 5.41) is 20.6. The van der Waals surface area contributed by atoms with Crippen LogP contribution in [0.15, 0.2) is 49.2 Å². The molecule has 0 aliphatic rings. The number of nitrogens with zero attached hydrogens (tertiary/aromatic N) is 8. The first-order valence-electron chi connectivity index (χ1n) is 12.6. The summed E-state index contributed by atoms with van der Waals surface area (Å²) in [6.45, 7) is 1.54. The van der Waals surface area contributed by atoms with Gasteiger partial charge in [-0.3, -0.25) is 28.9 Å². The summed E-state index contributed by atoms with van der Waals surface area (Å²) in [5.41, 5.74) is -0.431. The number of unbranched alkanes of at least 4 members (excludes halogenated alkanes) is 1. The van der Waals surface area contributed by atoms with E-state index in [4.69, 9.17) is 0 Å². The van der Waals surface area contributed by atoms with E-state index in [1.807, 2.05) is 0 Å². The van der Waals surface area contributed by atoms with Crippen LogP contribution in [0.5, 0.6) is 0 Å². The number of pyridine rings is 2. The van der Waals surface area contributed by atoms with Crippen molar-refractivity contribution in [3.05, 3.63) is 83.0 Å². The van der Waals surface area contributed by atoms with Gasteiger partial charge >= 0.3 is 6.18 Å². The summed E-state index contributed by atoms with van der Waals surface area (Å²) >= 11 is 0. The molecule has 4 rings (SSSR count). The Hall–Kier alpha value is -4.83. The maximum atomic E-state index is 13.3. The van der Waals surface area contributed by atoms with Crippen molar-refractivity contribution in [1.82, 2.24) is 50.6 Å². The molecule has 0 saturated heterocycles. The fourth-order valence-corrected chi connectivity index (χ4v) is 3.64. The van der Waals surface area contributed by atoms with Crippen LogP contribution in [-0.4, -0.2) is 51.8 Å². The number of alkyl halides is 5. The molecule has 0 spiro atoms. The number of hydrogen-bond acceptors (Lipinski definition) is 8. The Bertz CT molecular complexity index is 1510. The molecule has 0 bridgehead atoms. The van der Waals surface area contributed by atoms with Crippen molar-refractivity contribution in [1.29, 1.82) is 0 Å². The van der Waals surface area contributed by atoms with Crippen molar-refractivity contribution < 1.29 is 31.5 Å².